The van der Waals surface area contributed by atoms with E-state index in [1.807, 2.05) is 4.57 Å². The molecule has 6 heteroatoms. The maximum absolute atomic E-state index is 11.7. The first-order valence-electron chi connectivity index (χ1n) is 5.40. The van der Waals surface area contributed by atoms with Gasteiger partial charge in [0.1, 0.15) is 0 Å². The van der Waals surface area contributed by atoms with Gasteiger partial charge in [-0.25, -0.2) is 5.84 Å². The van der Waals surface area contributed by atoms with E-state index in [9.17, 15) is 9.59 Å². The molecule has 94 valence electrons. The molecular weight excluding hydrogens is 254 g/mol. The summed E-state index contributed by atoms with van der Waals surface area (Å²) in [5.41, 5.74) is 2.72. The SMILES string of the molecule is NNC(=O)CCn1ccc(=O)c2cc(Cl)ccc21. The van der Waals surface area contributed by atoms with Crippen LogP contribution >= 0.6 is 11.6 Å². The van der Waals surface area contributed by atoms with Crippen LogP contribution in [0.15, 0.2) is 35.3 Å². The average molecular weight is 266 g/mol. The zero-order valence-corrected chi connectivity index (χ0v) is 10.3. The van der Waals surface area contributed by atoms with Crippen molar-refractivity contribution < 1.29 is 4.79 Å². The molecule has 1 heterocycles. The van der Waals surface area contributed by atoms with Crippen LogP contribution in [-0.4, -0.2) is 10.5 Å². The molecule has 0 bridgehead atoms. The minimum Gasteiger partial charge on any atom is -0.347 e. The highest BCUT2D eigenvalue weighted by Crippen LogP contribution is 2.16. The van der Waals surface area contributed by atoms with Gasteiger partial charge in [0, 0.05) is 35.6 Å². The largest absolute Gasteiger partial charge is 0.347 e. The summed E-state index contributed by atoms with van der Waals surface area (Å²) in [4.78, 5) is 22.8. The Hall–Kier alpha value is -1.85. The molecule has 1 aromatic carbocycles. The zero-order chi connectivity index (χ0) is 13.1. The van der Waals surface area contributed by atoms with Crippen LogP contribution < -0.4 is 16.7 Å². The minimum atomic E-state index is -0.254. The summed E-state index contributed by atoms with van der Waals surface area (Å²) in [6, 6.07) is 6.56. The summed E-state index contributed by atoms with van der Waals surface area (Å²) in [6.45, 7) is 0.446. The standard InChI is InChI=1S/C12H12ClN3O2/c13-8-1-2-10-9(7-8)11(17)3-5-16(10)6-4-12(18)15-14/h1-3,5,7H,4,6,14H2,(H,15,18). The second-order valence-electron chi connectivity index (χ2n) is 3.85. The Morgan fingerprint density at radius 3 is 2.89 bits per heavy atom. The van der Waals surface area contributed by atoms with E-state index >= 15 is 0 Å². The van der Waals surface area contributed by atoms with Crippen LogP contribution in [0.2, 0.25) is 5.02 Å². The third kappa shape index (κ3) is 2.52. The molecule has 0 fully saturated rings. The number of hydrogen-bond donors (Lipinski definition) is 2. The molecule has 0 aliphatic carbocycles. The van der Waals surface area contributed by atoms with Gasteiger partial charge in [-0.2, -0.15) is 0 Å². The van der Waals surface area contributed by atoms with Gasteiger partial charge in [-0.15, -0.1) is 0 Å². The Kier molecular flexibility index (Phi) is 3.64. The van der Waals surface area contributed by atoms with E-state index in [1.54, 1.807) is 24.4 Å². The monoisotopic (exact) mass is 265 g/mol. The molecule has 0 aliphatic heterocycles. The molecule has 2 aromatic rings. The summed E-state index contributed by atoms with van der Waals surface area (Å²) in [7, 11) is 0. The summed E-state index contributed by atoms with van der Waals surface area (Å²) >= 11 is 5.86. The van der Waals surface area contributed by atoms with Crippen LogP contribution in [0.25, 0.3) is 10.9 Å². The Labute approximate surface area is 108 Å². The number of nitrogens with one attached hydrogen (secondary N) is 1. The molecule has 0 saturated carbocycles. The van der Waals surface area contributed by atoms with Crippen molar-refractivity contribution in [1.29, 1.82) is 0 Å². The number of nitrogens with two attached hydrogens (primary N) is 1. The summed E-state index contributed by atoms with van der Waals surface area (Å²) in [5, 5.41) is 1.05. The van der Waals surface area contributed by atoms with E-state index in [-0.39, 0.29) is 17.8 Å². The molecule has 18 heavy (non-hydrogen) atoms. The number of carbonyl (C=O) groups is 1. The van der Waals surface area contributed by atoms with Crippen molar-refractivity contribution in [2.45, 2.75) is 13.0 Å². The molecule has 0 saturated heterocycles. The highest BCUT2D eigenvalue weighted by Gasteiger charge is 2.05. The lowest BCUT2D eigenvalue weighted by molar-refractivity contribution is -0.121. The normalized spacial score (nSPS) is 10.6. The van der Waals surface area contributed by atoms with E-state index < -0.39 is 0 Å². The third-order valence-electron chi connectivity index (χ3n) is 2.68. The Bertz CT molecular complexity index is 651. The van der Waals surface area contributed by atoms with Gasteiger partial charge in [-0.1, -0.05) is 11.6 Å². The topological polar surface area (TPSA) is 77.1 Å². The first kappa shape index (κ1) is 12.6. The molecule has 0 spiro atoms. The lowest BCUT2D eigenvalue weighted by Gasteiger charge is -2.10. The van der Waals surface area contributed by atoms with Crippen LogP contribution in [0, 0.1) is 0 Å². The number of hydrogen-bond acceptors (Lipinski definition) is 3. The van der Waals surface area contributed by atoms with E-state index in [1.165, 1.54) is 6.07 Å². The molecule has 5 nitrogen and oxygen atoms in total. The number of pyridine rings is 1. The van der Waals surface area contributed by atoms with Crippen LogP contribution in [0.5, 0.6) is 0 Å². The lowest BCUT2D eigenvalue weighted by Crippen LogP contribution is -2.30. The van der Waals surface area contributed by atoms with Gasteiger partial charge in [0.05, 0.1) is 5.52 Å². The maximum Gasteiger partial charge on any atom is 0.235 e. The predicted molar refractivity (Wildman–Crippen MR) is 70.2 cm³/mol. The molecule has 1 aromatic heterocycles. The summed E-state index contributed by atoms with van der Waals surface area (Å²) in [6.07, 6.45) is 1.90. The van der Waals surface area contributed by atoms with Crippen molar-refractivity contribution in [1.82, 2.24) is 9.99 Å². The van der Waals surface area contributed by atoms with Gasteiger partial charge in [-0.3, -0.25) is 15.0 Å². The zero-order valence-electron chi connectivity index (χ0n) is 9.52. The molecule has 3 N–H and O–H groups in total. The fraction of sp³-hybridized carbons (Fsp3) is 0.167. The average Bonchev–Trinajstić information content (AvgIpc) is 2.38. The lowest BCUT2D eigenvalue weighted by atomic mass is 10.2. The molecule has 1 amide bonds. The number of amides is 1. The summed E-state index contributed by atoms with van der Waals surface area (Å²) < 4.78 is 1.82. The van der Waals surface area contributed by atoms with Crippen molar-refractivity contribution in [3.8, 4) is 0 Å². The quantitative estimate of drug-likeness (QED) is 0.494. The minimum absolute atomic E-state index is 0.0907. The van der Waals surface area contributed by atoms with Crippen molar-refractivity contribution in [2.24, 2.45) is 5.84 Å². The van der Waals surface area contributed by atoms with E-state index in [0.29, 0.717) is 17.0 Å². The molecular formula is C12H12ClN3O2. The van der Waals surface area contributed by atoms with Gasteiger partial charge in [0.25, 0.3) is 0 Å². The fourth-order valence-electron chi connectivity index (χ4n) is 1.77. The number of nitrogens with zero attached hydrogens (tertiary/aromatic N) is 1. The number of rotatable bonds is 3. The first-order chi connectivity index (χ1) is 8.61. The molecule has 0 atom stereocenters. The van der Waals surface area contributed by atoms with Crippen molar-refractivity contribution in [3.63, 3.8) is 0 Å². The number of benzene rings is 1. The second kappa shape index (κ2) is 5.20. The Balaban J connectivity index is 2.43. The molecule has 0 unspecified atom stereocenters. The Morgan fingerprint density at radius 1 is 1.39 bits per heavy atom. The van der Waals surface area contributed by atoms with E-state index in [0.717, 1.165) is 5.52 Å². The van der Waals surface area contributed by atoms with Crippen LogP contribution in [0.1, 0.15) is 6.42 Å². The van der Waals surface area contributed by atoms with Gasteiger partial charge in [0.2, 0.25) is 5.91 Å². The van der Waals surface area contributed by atoms with Crippen LogP contribution in [-0.2, 0) is 11.3 Å². The Morgan fingerprint density at radius 2 is 2.17 bits per heavy atom. The fourth-order valence-corrected chi connectivity index (χ4v) is 1.95. The van der Waals surface area contributed by atoms with Gasteiger partial charge < -0.3 is 4.57 Å². The smallest absolute Gasteiger partial charge is 0.235 e. The number of halogens is 1. The van der Waals surface area contributed by atoms with Crippen molar-refractivity contribution >= 4 is 28.4 Å². The number of fused-ring (bicyclic) bond motifs is 1. The highest BCUT2D eigenvalue weighted by molar-refractivity contribution is 6.31. The number of aryl methyl sites for hydroxylation is 1. The second-order valence-corrected chi connectivity index (χ2v) is 4.29. The van der Waals surface area contributed by atoms with Gasteiger partial charge >= 0.3 is 0 Å². The summed E-state index contributed by atoms with van der Waals surface area (Å²) in [5.74, 6) is 4.76. The molecule has 0 radical (unpaired) electrons. The van der Waals surface area contributed by atoms with E-state index in [4.69, 9.17) is 17.4 Å². The number of aromatic nitrogens is 1. The van der Waals surface area contributed by atoms with E-state index in [2.05, 4.69) is 5.43 Å². The molecule has 2 rings (SSSR count). The maximum atomic E-state index is 11.7. The highest BCUT2D eigenvalue weighted by atomic mass is 35.5. The first-order valence-corrected chi connectivity index (χ1v) is 5.78. The molecule has 0 aliphatic rings. The van der Waals surface area contributed by atoms with Crippen molar-refractivity contribution in [2.75, 3.05) is 0 Å². The van der Waals surface area contributed by atoms with Gasteiger partial charge in [0.15, 0.2) is 5.43 Å². The van der Waals surface area contributed by atoms with Crippen molar-refractivity contribution in [3.05, 3.63) is 45.7 Å². The number of hydrazine groups is 1. The van der Waals surface area contributed by atoms with Crippen LogP contribution in [0.3, 0.4) is 0 Å². The number of carbonyl (C=O) groups excluding carboxylic acids is 1. The third-order valence-corrected chi connectivity index (χ3v) is 2.92. The van der Waals surface area contributed by atoms with Crippen LogP contribution in [0.4, 0.5) is 0 Å². The predicted octanol–water partition coefficient (Wildman–Crippen LogP) is 1.03. The van der Waals surface area contributed by atoms with Gasteiger partial charge in [-0.05, 0) is 18.2 Å².